The van der Waals surface area contributed by atoms with Crippen molar-refractivity contribution in [3.05, 3.63) is 51.5 Å². The molecule has 2 aromatic carbocycles. The molecule has 2 aromatic rings. The summed E-state index contributed by atoms with van der Waals surface area (Å²) in [5.74, 6) is 0. The molecule has 7 heteroatoms. The number of nitrogens with one attached hydrogen (secondary N) is 1. The monoisotopic (exact) mass is 364 g/mol. The standard InChI is InChI=1S/C13H9BrClF3N2/c14-7-1-3-10(19)12(5-7)20-11-4-2-8(15)6-9(11)13(16,17)18/h1-6,20H,19H2. The maximum absolute atomic E-state index is 13.0. The second kappa shape index (κ2) is 5.54. The molecule has 0 bridgehead atoms. The highest BCUT2D eigenvalue weighted by Crippen LogP contribution is 2.38. The Balaban J connectivity index is 2.46. The van der Waals surface area contributed by atoms with E-state index < -0.39 is 11.7 Å². The summed E-state index contributed by atoms with van der Waals surface area (Å²) in [5, 5.41) is 2.70. The molecule has 0 aliphatic heterocycles. The van der Waals surface area contributed by atoms with Gasteiger partial charge in [-0.25, -0.2) is 0 Å². The van der Waals surface area contributed by atoms with Crippen LogP contribution < -0.4 is 11.1 Å². The quantitative estimate of drug-likeness (QED) is 0.695. The first-order valence-corrected chi connectivity index (χ1v) is 6.63. The van der Waals surface area contributed by atoms with Crippen LogP contribution in [0.4, 0.5) is 30.2 Å². The average Bonchev–Trinajstić information content (AvgIpc) is 2.34. The topological polar surface area (TPSA) is 38.0 Å². The molecule has 3 N–H and O–H groups in total. The summed E-state index contributed by atoms with van der Waals surface area (Å²) in [6, 6.07) is 8.42. The lowest BCUT2D eigenvalue weighted by molar-refractivity contribution is -0.136. The molecule has 0 spiro atoms. The summed E-state index contributed by atoms with van der Waals surface area (Å²) in [5.41, 5.74) is 5.51. The van der Waals surface area contributed by atoms with E-state index in [0.29, 0.717) is 15.8 Å². The molecule has 0 fully saturated rings. The van der Waals surface area contributed by atoms with Crippen LogP contribution in [0.2, 0.25) is 5.02 Å². The van der Waals surface area contributed by atoms with Crippen molar-refractivity contribution in [2.75, 3.05) is 11.1 Å². The Kier molecular flexibility index (Phi) is 4.15. The second-order valence-corrected chi connectivity index (χ2v) is 5.40. The third-order valence-electron chi connectivity index (χ3n) is 2.57. The minimum atomic E-state index is -4.51. The number of nitrogens with two attached hydrogens (primary N) is 1. The van der Waals surface area contributed by atoms with E-state index in [1.807, 2.05) is 0 Å². The predicted octanol–water partition coefficient (Wildman–Crippen LogP) is 5.45. The second-order valence-electron chi connectivity index (χ2n) is 4.04. The van der Waals surface area contributed by atoms with Gasteiger partial charge in [0.05, 0.1) is 22.6 Å². The maximum atomic E-state index is 13.0. The zero-order valence-corrected chi connectivity index (χ0v) is 12.3. The van der Waals surface area contributed by atoms with Crippen LogP contribution in [0.25, 0.3) is 0 Å². The van der Waals surface area contributed by atoms with Crippen molar-refractivity contribution < 1.29 is 13.2 Å². The fraction of sp³-hybridized carbons (Fsp3) is 0.0769. The van der Waals surface area contributed by atoms with Gasteiger partial charge < -0.3 is 11.1 Å². The van der Waals surface area contributed by atoms with Gasteiger partial charge in [-0.1, -0.05) is 27.5 Å². The van der Waals surface area contributed by atoms with Gasteiger partial charge in [0.25, 0.3) is 0 Å². The van der Waals surface area contributed by atoms with E-state index in [0.717, 1.165) is 6.07 Å². The van der Waals surface area contributed by atoms with Crippen LogP contribution in [0.3, 0.4) is 0 Å². The minimum Gasteiger partial charge on any atom is -0.397 e. The Morgan fingerprint density at radius 1 is 1.05 bits per heavy atom. The van der Waals surface area contributed by atoms with Gasteiger partial charge in [-0.2, -0.15) is 13.2 Å². The smallest absolute Gasteiger partial charge is 0.397 e. The molecule has 2 rings (SSSR count). The number of alkyl halides is 3. The van der Waals surface area contributed by atoms with Gasteiger partial charge in [-0.05, 0) is 36.4 Å². The number of halogens is 5. The zero-order valence-electron chi connectivity index (χ0n) is 9.93. The van der Waals surface area contributed by atoms with E-state index in [9.17, 15) is 13.2 Å². The van der Waals surface area contributed by atoms with Gasteiger partial charge in [0.15, 0.2) is 0 Å². The van der Waals surface area contributed by atoms with Crippen molar-refractivity contribution in [1.82, 2.24) is 0 Å². The van der Waals surface area contributed by atoms with Gasteiger partial charge >= 0.3 is 6.18 Å². The van der Waals surface area contributed by atoms with Crippen molar-refractivity contribution in [2.24, 2.45) is 0 Å². The largest absolute Gasteiger partial charge is 0.418 e. The Hall–Kier alpha value is -1.40. The molecule has 2 nitrogen and oxygen atoms in total. The SMILES string of the molecule is Nc1ccc(Br)cc1Nc1ccc(Cl)cc1C(F)(F)F. The Bertz CT molecular complexity index is 644. The molecule has 0 aromatic heterocycles. The van der Waals surface area contributed by atoms with Crippen LogP contribution in [0.1, 0.15) is 5.56 Å². The summed E-state index contributed by atoms with van der Waals surface area (Å²) < 4.78 is 39.6. The van der Waals surface area contributed by atoms with Crippen LogP contribution in [0.15, 0.2) is 40.9 Å². The number of rotatable bonds is 2. The summed E-state index contributed by atoms with van der Waals surface area (Å²) in [4.78, 5) is 0. The number of nitrogen functional groups attached to an aromatic ring is 1. The number of hydrogen-bond donors (Lipinski definition) is 2. The molecule has 0 amide bonds. The molecule has 0 saturated carbocycles. The highest BCUT2D eigenvalue weighted by atomic mass is 79.9. The van der Waals surface area contributed by atoms with E-state index in [1.54, 1.807) is 18.2 Å². The van der Waals surface area contributed by atoms with Crippen LogP contribution in [-0.2, 0) is 6.18 Å². The van der Waals surface area contributed by atoms with Gasteiger partial charge in [-0.15, -0.1) is 0 Å². The lowest BCUT2D eigenvalue weighted by atomic mass is 10.1. The molecule has 0 aliphatic rings. The molecular weight excluding hydrogens is 357 g/mol. The van der Waals surface area contributed by atoms with Gasteiger partial charge in [0.1, 0.15) is 0 Å². The van der Waals surface area contributed by atoms with Gasteiger partial charge in [-0.3, -0.25) is 0 Å². The maximum Gasteiger partial charge on any atom is 0.418 e. The van der Waals surface area contributed by atoms with Crippen LogP contribution in [0.5, 0.6) is 0 Å². The predicted molar refractivity (Wildman–Crippen MR) is 78.3 cm³/mol. The molecular formula is C13H9BrClF3N2. The van der Waals surface area contributed by atoms with Crippen LogP contribution >= 0.6 is 27.5 Å². The average molecular weight is 366 g/mol. The third-order valence-corrected chi connectivity index (χ3v) is 3.30. The molecule has 0 radical (unpaired) electrons. The van der Waals surface area contributed by atoms with Gasteiger partial charge in [0.2, 0.25) is 0 Å². The molecule has 0 heterocycles. The normalized spacial score (nSPS) is 11.4. The minimum absolute atomic E-state index is 0.0186. The number of hydrogen-bond acceptors (Lipinski definition) is 2. The summed E-state index contributed by atoms with van der Waals surface area (Å²) >= 11 is 8.86. The fourth-order valence-corrected chi connectivity index (χ4v) is 2.18. The van der Waals surface area contributed by atoms with Gasteiger partial charge in [0, 0.05) is 9.50 Å². The first kappa shape index (κ1) is 15.0. The van der Waals surface area contributed by atoms with E-state index in [4.69, 9.17) is 17.3 Å². The molecule has 0 saturated heterocycles. The molecule has 106 valence electrons. The van der Waals surface area contributed by atoms with E-state index in [2.05, 4.69) is 21.2 Å². The van der Waals surface area contributed by atoms with E-state index >= 15 is 0 Å². The lowest BCUT2D eigenvalue weighted by Gasteiger charge is -2.16. The van der Waals surface area contributed by atoms with Crippen molar-refractivity contribution in [3.8, 4) is 0 Å². The first-order chi connectivity index (χ1) is 9.27. The molecule has 20 heavy (non-hydrogen) atoms. The fourth-order valence-electron chi connectivity index (χ4n) is 1.64. The van der Waals surface area contributed by atoms with Crippen molar-refractivity contribution >= 4 is 44.6 Å². The molecule has 0 atom stereocenters. The van der Waals surface area contributed by atoms with Crippen molar-refractivity contribution in [2.45, 2.75) is 6.18 Å². The first-order valence-electron chi connectivity index (χ1n) is 5.46. The van der Waals surface area contributed by atoms with E-state index in [1.165, 1.54) is 12.1 Å². The highest BCUT2D eigenvalue weighted by molar-refractivity contribution is 9.10. The Labute approximate surface area is 126 Å². The third kappa shape index (κ3) is 3.37. The van der Waals surface area contributed by atoms with Crippen LogP contribution in [0, 0.1) is 0 Å². The Morgan fingerprint density at radius 3 is 2.40 bits per heavy atom. The highest BCUT2D eigenvalue weighted by Gasteiger charge is 2.33. The number of benzene rings is 2. The van der Waals surface area contributed by atoms with Crippen LogP contribution in [-0.4, -0.2) is 0 Å². The molecule has 0 aliphatic carbocycles. The summed E-state index contributed by atoms with van der Waals surface area (Å²) in [6.45, 7) is 0. The summed E-state index contributed by atoms with van der Waals surface area (Å²) in [7, 11) is 0. The lowest BCUT2D eigenvalue weighted by Crippen LogP contribution is -2.09. The summed E-state index contributed by atoms with van der Waals surface area (Å²) in [6.07, 6.45) is -4.51. The van der Waals surface area contributed by atoms with Crippen molar-refractivity contribution in [3.63, 3.8) is 0 Å². The molecule has 0 unspecified atom stereocenters. The number of anilines is 3. The Morgan fingerprint density at radius 2 is 1.75 bits per heavy atom. The van der Waals surface area contributed by atoms with Crippen molar-refractivity contribution in [1.29, 1.82) is 0 Å². The van der Waals surface area contributed by atoms with E-state index in [-0.39, 0.29) is 10.7 Å². The zero-order chi connectivity index (χ0) is 14.9.